The molecule has 0 fully saturated rings. The molecule has 0 aromatic heterocycles. The third kappa shape index (κ3) is 8.88. The summed E-state index contributed by atoms with van der Waals surface area (Å²) in [6.45, 7) is 9.09. The predicted octanol–water partition coefficient (Wildman–Crippen LogP) is 6.57. The number of aryl methyl sites for hydroxylation is 2. The van der Waals surface area contributed by atoms with E-state index in [9.17, 15) is 9.59 Å². The van der Waals surface area contributed by atoms with Gasteiger partial charge in [-0.2, -0.15) is 0 Å². The van der Waals surface area contributed by atoms with E-state index in [4.69, 9.17) is 23.2 Å². The molecule has 4 nitrogen and oxygen atoms in total. The van der Waals surface area contributed by atoms with Crippen LogP contribution < -0.4 is 5.32 Å². The topological polar surface area (TPSA) is 49.4 Å². The van der Waals surface area contributed by atoms with Crippen molar-refractivity contribution in [1.29, 1.82) is 0 Å². The standard InChI is InChI=1S/C26H34Cl2N2O2S/c1-5-7-10-29-26(32)24(6-2)30(15-20-8-9-22(27)23(28)14-20)25(31)17-33-16-21-12-18(3)11-19(4)13-21/h8-9,11-14,24H,5-7,10,15-17H2,1-4H3,(H,29,32)/t24-/m1/s1. The summed E-state index contributed by atoms with van der Waals surface area (Å²) in [5.74, 6) is 0.869. The fourth-order valence-electron chi connectivity index (χ4n) is 3.75. The number of unbranched alkanes of at least 4 members (excludes halogenated alkanes) is 1. The van der Waals surface area contributed by atoms with Crippen LogP contribution >= 0.6 is 35.0 Å². The second kappa shape index (κ2) is 13.9. The highest BCUT2D eigenvalue weighted by atomic mass is 35.5. The van der Waals surface area contributed by atoms with Crippen molar-refractivity contribution in [2.75, 3.05) is 12.3 Å². The third-order valence-electron chi connectivity index (χ3n) is 5.33. The Morgan fingerprint density at radius 3 is 2.30 bits per heavy atom. The Bertz CT molecular complexity index is 932. The van der Waals surface area contributed by atoms with Crippen molar-refractivity contribution in [3.63, 3.8) is 0 Å². The fraction of sp³-hybridized carbons (Fsp3) is 0.462. The molecule has 0 saturated carbocycles. The zero-order chi connectivity index (χ0) is 24.4. The summed E-state index contributed by atoms with van der Waals surface area (Å²) in [5.41, 5.74) is 4.48. The summed E-state index contributed by atoms with van der Waals surface area (Å²) >= 11 is 13.8. The van der Waals surface area contributed by atoms with Gasteiger partial charge in [0.25, 0.3) is 0 Å². The fourth-order valence-corrected chi connectivity index (χ4v) is 4.92. The van der Waals surface area contributed by atoms with Crippen LogP contribution in [0.25, 0.3) is 0 Å². The summed E-state index contributed by atoms with van der Waals surface area (Å²) < 4.78 is 0. The number of hydrogen-bond donors (Lipinski definition) is 1. The van der Waals surface area contributed by atoms with Crippen molar-refractivity contribution < 1.29 is 9.59 Å². The molecular formula is C26H34Cl2N2O2S. The molecular weight excluding hydrogens is 475 g/mol. The Morgan fingerprint density at radius 1 is 1.00 bits per heavy atom. The average Bonchev–Trinajstić information content (AvgIpc) is 2.75. The van der Waals surface area contributed by atoms with E-state index in [0.717, 1.165) is 24.2 Å². The maximum Gasteiger partial charge on any atom is 0.242 e. The van der Waals surface area contributed by atoms with Crippen molar-refractivity contribution >= 4 is 46.8 Å². The van der Waals surface area contributed by atoms with Gasteiger partial charge >= 0.3 is 0 Å². The summed E-state index contributed by atoms with van der Waals surface area (Å²) in [6.07, 6.45) is 2.44. The Kier molecular flexibility index (Phi) is 11.6. The van der Waals surface area contributed by atoms with Crippen molar-refractivity contribution in [1.82, 2.24) is 10.2 Å². The number of nitrogens with one attached hydrogen (secondary N) is 1. The van der Waals surface area contributed by atoms with Crippen molar-refractivity contribution in [3.05, 3.63) is 68.7 Å². The van der Waals surface area contributed by atoms with E-state index in [-0.39, 0.29) is 11.8 Å². The first-order valence-corrected chi connectivity index (χ1v) is 13.3. The number of nitrogens with zero attached hydrogens (tertiary/aromatic N) is 1. The summed E-state index contributed by atoms with van der Waals surface area (Å²) in [6, 6.07) is 11.2. The van der Waals surface area contributed by atoms with Crippen molar-refractivity contribution in [2.24, 2.45) is 0 Å². The first-order chi connectivity index (χ1) is 15.7. The molecule has 0 bridgehead atoms. The van der Waals surface area contributed by atoms with Gasteiger partial charge in [0.1, 0.15) is 6.04 Å². The Labute approximate surface area is 212 Å². The van der Waals surface area contributed by atoms with Gasteiger partial charge in [-0.05, 0) is 49.9 Å². The number of hydrogen-bond acceptors (Lipinski definition) is 3. The van der Waals surface area contributed by atoms with E-state index in [1.807, 2.05) is 13.0 Å². The molecule has 2 aromatic rings. The minimum absolute atomic E-state index is 0.0621. The average molecular weight is 510 g/mol. The lowest BCUT2D eigenvalue weighted by atomic mass is 10.1. The third-order valence-corrected chi connectivity index (χ3v) is 7.06. The van der Waals surface area contributed by atoms with E-state index in [2.05, 4.69) is 44.3 Å². The molecule has 33 heavy (non-hydrogen) atoms. The lowest BCUT2D eigenvalue weighted by Crippen LogP contribution is -2.49. The molecule has 0 unspecified atom stereocenters. The van der Waals surface area contributed by atoms with Crippen LogP contribution in [0.15, 0.2) is 36.4 Å². The number of amides is 2. The van der Waals surface area contributed by atoms with Crippen LogP contribution in [0.4, 0.5) is 0 Å². The van der Waals surface area contributed by atoms with Gasteiger partial charge in [0.2, 0.25) is 11.8 Å². The van der Waals surface area contributed by atoms with Crippen LogP contribution in [-0.4, -0.2) is 35.1 Å². The normalized spacial score (nSPS) is 11.8. The smallest absolute Gasteiger partial charge is 0.242 e. The molecule has 2 aromatic carbocycles. The first-order valence-electron chi connectivity index (χ1n) is 11.4. The lowest BCUT2D eigenvalue weighted by molar-refractivity contribution is -0.139. The van der Waals surface area contributed by atoms with E-state index < -0.39 is 6.04 Å². The van der Waals surface area contributed by atoms with Crippen molar-refractivity contribution in [3.8, 4) is 0 Å². The van der Waals surface area contributed by atoms with Gasteiger partial charge in [-0.3, -0.25) is 9.59 Å². The molecule has 2 amide bonds. The second-order valence-corrected chi connectivity index (χ2v) is 10.1. The van der Waals surface area contributed by atoms with E-state index >= 15 is 0 Å². The van der Waals surface area contributed by atoms with Crippen LogP contribution in [0.3, 0.4) is 0 Å². The van der Waals surface area contributed by atoms with Gasteiger partial charge in [0.15, 0.2) is 0 Å². The van der Waals surface area contributed by atoms with Gasteiger partial charge in [-0.15, -0.1) is 11.8 Å². The van der Waals surface area contributed by atoms with E-state index in [0.29, 0.717) is 35.3 Å². The predicted molar refractivity (Wildman–Crippen MR) is 141 cm³/mol. The number of benzene rings is 2. The SMILES string of the molecule is CCCCNC(=O)[C@@H](CC)N(Cc1ccc(Cl)c(Cl)c1)C(=O)CSCc1cc(C)cc(C)c1. The van der Waals surface area contributed by atoms with Gasteiger partial charge < -0.3 is 10.2 Å². The lowest BCUT2D eigenvalue weighted by Gasteiger charge is -2.30. The Hall–Kier alpha value is -1.69. The number of carbonyl (C=O) groups excluding carboxylic acids is 2. The summed E-state index contributed by atoms with van der Waals surface area (Å²) in [5, 5.41) is 3.88. The van der Waals surface area contributed by atoms with Crippen molar-refractivity contribution in [2.45, 2.75) is 65.3 Å². The van der Waals surface area contributed by atoms with Gasteiger partial charge in [-0.1, -0.05) is 78.9 Å². The number of halogens is 2. The zero-order valence-corrected chi connectivity index (χ0v) is 22.2. The maximum absolute atomic E-state index is 13.3. The highest BCUT2D eigenvalue weighted by Gasteiger charge is 2.28. The highest BCUT2D eigenvalue weighted by Crippen LogP contribution is 2.25. The number of carbonyl (C=O) groups is 2. The summed E-state index contributed by atoms with van der Waals surface area (Å²) in [4.78, 5) is 27.9. The quantitative estimate of drug-likeness (QED) is 0.330. The van der Waals surface area contributed by atoms with Gasteiger partial charge in [-0.25, -0.2) is 0 Å². The molecule has 0 aliphatic heterocycles. The zero-order valence-electron chi connectivity index (χ0n) is 19.9. The number of thioether (sulfide) groups is 1. The molecule has 7 heteroatoms. The maximum atomic E-state index is 13.3. The molecule has 180 valence electrons. The largest absolute Gasteiger partial charge is 0.354 e. The van der Waals surface area contributed by atoms with Gasteiger partial charge in [0.05, 0.1) is 15.8 Å². The van der Waals surface area contributed by atoms with Gasteiger partial charge in [0, 0.05) is 18.8 Å². The minimum Gasteiger partial charge on any atom is -0.354 e. The second-order valence-electron chi connectivity index (χ2n) is 8.33. The minimum atomic E-state index is -0.536. The molecule has 0 aliphatic rings. The summed E-state index contributed by atoms with van der Waals surface area (Å²) in [7, 11) is 0. The molecule has 0 spiro atoms. The van der Waals surface area contributed by atoms with Crippen LogP contribution in [0.2, 0.25) is 10.0 Å². The van der Waals surface area contributed by atoms with Crippen LogP contribution in [-0.2, 0) is 21.9 Å². The Morgan fingerprint density at radius 2 is 1.70 bits per heavy atom. The molecule has 1 N–H and O–H groups in total. The molecule has 0 aliphatic carbocycles. The van der Waals surface area contributed by atoms with Crippen LogP contribution in [0, 0.1) is 13.8 Å². The monoisotopic (exact) mass is 508 g/mol. The van der Waals surface area contributed by atoms with E-state index in [1.54, 1.807) is 28.8 Å². The number of rotatable bonds is 12. The van der Waals surface area contributed by atoms with Crippen LogP contribution in [0.5, 0.6) is 0 Å². The van der Waals surface area contributed by atoms with E-state index in [1.165, 1.54) is 16.7 Å². The molecule has 2 rings (SSSR count). The molecule has 0 saturated heterocycles. The highest BCUT2D eigenvalue weighted by molar-refractivity contribution is 7.99. The molecule has 0 radical (unpaired) electrons. The Balaban J connectivity index is 2.15. The van der Waals surface area contributed by atoms with Crippen LogP contribution in [0.1, 0.15) is 55.4 Å². The molecule has 1 atom stereocenters. The first kappa shape index (κ1) is 27.6. The molecule has 0 heterocycles.